The van der Waals surface area contributed by atoms with Crippen molar-refractivity contribution in [2.75, 3.05) is 14.1 Å². The van der Waals surface area contributed by atoms with Crippen LogP contribution in [0.2, 0.25) is 0 Å². The van der Waals surface area contributed by atoms with Crippen LogP contribution in [0.1, 0.15) is 5.56 Å². The molecule has 0 fully saturated rings. The summed E-state index contributed by atoms with van der Waals surface area (Å²) in [5.74, 6) is 0. The summed E-state index contributed by atoms with van der Waals surface area (Å²) in [5, 5.41) is 2.28. The molecular formula is C14H15NO2. The molecule has 0 N–H and O–H groups in total. The maximum Gasteiger partial charge on any atom is 0.409 e. The number of carbonyl (C=O) groups excluding carboxylic acids is 1. The van der Waals surface area contributed by atoms with Gasteiger partial charge in [0.2, 0.25) is 0 Å². The van der Waals surface area contributed by atoms with Crippen LogP contribution in [0.3, 0.4) is 0 Å². The molecule has 0 radical (unpaired) electrons. The molecule has 2 rings (SSSR count). The van der Waals surface area contributed by atoms with Gasteiger partial charge >= 0.3 is 6.09 Å². The number of hydrogen-bond acceptors (Lipinski definition) is 2. The third-order valence-corrected chi connectivity index (χ3v) is 2.60. The van der Waals surface area contributed by atoms with E-state index in [0.29, 0.717) is 6.61 Å². The van der Waals surface area contributed by atoms with Gasteiger partial charge in [0, 0.05) is 14.1 Å². The highest BCUT2D eigenvalue weighted by Crippen LogP contribution is 2.19. The largest absolute Gasteiger partial charge is 0.445 e. The topological polar surface area (TPSA) is 29.5 Å². The molecule has 0 bridgehead atoms. The molecule has 0 saturated heterocycles. The Labute approximate surface area is 101 Å². The molecule has 2 aromatic carbocycles. The van der Waals surface area contributed by atoms with Gasteiger partial charge in [0.1, 0.15) is 6.61 Å². The molecule has 3 nitrogen and oxygen atoms in total. The zero-order valence-electron chi connectivity index (χ0n) is 10.0. The Balaban J connectivity index is 2.21. The highest BCUT2D eigenvalue weighted by atomic mass is 16.6. The van der Waals surface area contributed by atoms with Crippen molar-refractivity contribution in [2.24, 2.45) is 0 Å². The number of carbonyl (C=O) groups is 1. The Kier molecular flexibility index (Phi) is 3.28. The Morgan fingerprint density at radius 2 is 1.82 bits per heavy atom. The molecule has 0 atom stereocenters. The Hall–Kier alpha value is -2.03. The molecule has 0 aromatic heterocycles. The zero-order valence-corrected chi connectivity index (χ0v) is 10.0. The van der Waals surface area contributed by atoms with Crippen LogP contribution in [0.5, 0.6) is 0 Å². The van der Waals surface area contributed by atoms with Gasteiger partial charge < -0.3 is 9.64 Å². The molecule has 0 saturated carbocycles. The molecule has 0 aliphatic heterocycles. The van der Waals surface area contributed by atoms with Gasteiger partial charge in [-0.1, -0.05) is 42.5 Å². The number of benzene rings is 2. The second kappa shape index (κ2) is 4.87. The first-order chi connectivity index (χ1) is 8.18. The lowest BCUT2D eigenvalue weighted by atomic mass is 10.1. The molecule has 0 spiro atoms. The van der Waals surface area contributed by atoms with Gasteiger partial charge in [0.25, 0.3) is 0 Å². The summed E-state index contributed by atoms with van der Waals surface area (Å²) in [4.78, 5) is 12.8. The van der Waals surface area contributed by atoms with E-state index < -0.39 is 0 Å². The van der Waals surface area contributed by atoms with Gasteiger partial charge in [-0.05, 0) is 16.3 Å². The third-order valence-electron chi connectivity index (χ3n) is 2.60. The normalized spacial score (nSPS) is 10.2. The predicted molar refractivity (Wildman–Crippen MR) is 67.8 cm³/mol. The second-order valence-corrected chi connectivity index (χ2v) is 4.09. The molecule has 0 aliphatic rings. The average molecular weight is 229 g/mol. The summed E-state index contributed by atoms with van der Waals surface area (Å²) in [6.07, 6.45) is -0.321. The first-order valence-electron chi connectivity index (χ1n) is 5.49. The molecule has 1 amide bonds. The van der Waals surface area contributed by atoms with Gasteiger partial charge in [0.05, 0.1) is 0 Å². The molecular weight excluding hydrogens is 214 g/mol. The second-order valence-electron chi connectivity index (χ2n) is 4.09. The number of amides is 1. The van der Waals surface area contributed by atoms with Crippen molar-refractivity contribution in [3.05, 3.63) is 48.0 Å². The predicted octanol–water partition coefficient (Wildman–Crippen LogP) is 3.04. The summed E-state index contributed by atoms with van der Waals surface area (Å²) < 4.78 is 5.18. The minimum Gasteiger partial charge on any atom is -0.445 e. The number of ether oxygens (including phenoxy) is 1. The van der Waals surface area contributed by atoms with Crippen LogP contribution < -0.4 is 0 Å². The fourth-order valence-corrected chi connectivity index (χ4v) is 1.69. The van der Waals surface area contributed by atoms with Crippen LogP contribution >= 0.6 is 0 Å². The smallest absolute Gasteiger partial charge is 0.409 e. The molecule has 3 heteroatoms. The van der Waals surface area contributed by atoms with E-state index in [1.807, 2.05) is 42.5 Å². The van der Waals surface area contributed by atoms with E-state index in [9.17, 15) is 4.79 Å². The quantitative estimate of drug-likeness (QED) is 0.792. The van der Waals surface area contributed by atoms with E-state index in [1.54, 1.807) is 14.1 Å². The standard InChI is InChI=1S/C14H15NO2/c1-15(2)14(16)17-10-12-8-5-7-11-6-3-4-9-13(11)12/h3-9H,10H2,1-2H3. The summed E-state index contributed by atoms with van der Waals surface area (Å²) >= 11 is 0. The monoisotopic (exact) mass is 229 g/mol. The third kappa shape index (κ3) is 2.56. The maximum atomic E-state index is 11.4. The number of rotatable bonds is 2. The lowest BCUT2D eigenvalue weighted by molar-refractivity contribution is 0.112. The van der Waals surface area contributed by atoms with Crippen molar-refractivity contribution in [1.82, 2.24) is 4.90 Å². The van der Waals surface area contributed by atoms with Gasteiger partial charge in [-0.15, -0.1) is 0 Å². The van der Waals surface area contributed by atoms with E-state index in [4.69, 9.17) is 4.74 Å². The first kappa shape index (κ1) is 11.5. The Morgan fingerprint density at radius 1 is 1.12 bits per heavy atom. The maximum absolute atomic E-state index is 11.4. The zero-order chi connectivity index (χ0) is 12.3. The molecule has 2 aromatic rings. The number of fused-ring (bicyclic) bond motifs is 1. The molecule has 0 aliphatic carbocycles. The van der Waals surface area contributed by atoms with Gasteiger partial charge in [-0.3, -0.25) is 0 Å². The average Bonchev–Trinajstić information content (AvgIpc) is 2.35. The highest BCUT2D eigenvalue weighted by molar-refractivity contribution is 5.85. The Bertz CT molecular complexity index is 529. The van der Waals surface area contributed by atoms with Crippen LogP contribution in [-0.4, -0.2) is 25.1 Å². The van der Waals surface area contributed by atoms with Crippen molar-refractivity contribution in [3.8, 4) is 0 Å². The van der Waals surface area contributed by atoms with Crippen molar-refractivity contribution in [2.45, 2.75) is 6.61 Å². The summed E-state index contributed by atoms with van der Waals surface area (Å²) in [6, 6.07) is 14.1. The summed E-state index contributed by atoms with van der Waals surface area (Å²) in [6.45, 7) is 0.304. The van der Waals surface area contributed by atoms with Crippen molar-refractivity contribution < 1.29 is 9.53 Å². The van der Waals surface area contributed by atoms with E-state index in [2.05, 4.69) is 0 Å². The molecule has 17 heavy (non-hydrogen) atoms. The van der Waals surface area contributed by atoms with Gasteiger partial charge in [0.15, 0.2) is 0 Å². The van der Waals surface area contributed by atoms with E-state index in [0.717, 1.165) is 16.3 Å². The highest BCUT2D eigenvalue weighted by Gasteiger charge is 2.06. The number of hydrogen-bond donors (Lipinski definition) is 0. The minimum absolute atomic E-state index is 0.304. The summed E-state index contributed by atoms with van der Waals surface area (Å²) in [5.41, 5.74) is 1.03. The van der Waals surface area contributed by atoms with Crippen molar-refractivity contribution in [3.63, 3.8) is 0 Å². The van der Waals surface area contributed by atoms with Crippen LogP contribution in [0, 0.1) is 0 Å². The van der Waals surface area contributed by atoms with E-state index in [-0.39, 0.29) is 6.09 Å². The SMILES string of the molecule is CN(C)C(=O)OCc1cccc2ccccc12. The molecule has 0 heterocycles. The van der Waals surface area contributed by atoms with Crippen LogP contribution in [0.15, 0.2) is 42.5 Å². The van der Waals surface area contributed by atoms with Crippen LogP contribution in [0.4, 0.5) is 4.79 Å². The molecule has 0 unspecified atom stereocenters. The number of nitrogens with zero attached hydrogens (tertiary/aromatic N) is 1. The van der Waals surface area contributed by atoms with Crippen LogP contribution in [-0.2, 0) is 11.3 Å². The fraction of sp³-hybridized carbons (Fsp3) is 0.214. The van der Waals surface area contributed by atoms with Gasteiger partial charge in [-0.25, -0.2) is 4.79 Å². The van der Waals surface area contributed by atoms with E-state index >= 15 is 0 Å². The first-order valence-corrected chi connectivity index (χ1v) is 5.49. The lowest BCUT2D eigenvalue weighted by Crippen LogP contribution is -2.22. The van der Waals surface area contributed by atoms with Gasteiger partial charge in [-0.2, -0.15) is 0 Å². The van der Waals surface area contributed by atoms with E-state index in [1.165, 1.54) is 4.90 Å². The lowest BCUT2D eigenvalue weighted by Gasteiger charge is -2.12. The molecule has 88 valence electrons. The van der Waals surface area contributed by atoms with Crippen molar-refractivity contribution >= 4 is 16.9 Å². The Morgan fingerprint density at radius 3 is 2.59 bits per heavy atom. The summed E-state index contributed by atoms with van der Waals surface area (Å²) in [7, 11) is 3.34. The minimum atomic E-state index is -0.321. The fourth-order valence-electron chi connectivity index (χ4n) is 1.69. The van der Waals surface area contributed by atoms with Crippen LogP contribution in [0.25, 0.3) is 10.8 Å². The van der Waals surface area contributed by atoms with Crippen molar-refractivity contribution in [1.29, 1.82) is 0 Å².